The summed E-state index contributed by atoms with van der Waals surface area (Å²) >= 11 is 3.41. The van der Waals surface area contributed by atoms with Crippen LogP contribution in [-0.2, 0) is 17.8 Å². The van der Waals surface area contributed by atoms with E-state index in [9.17, 15) is 4.79 Å². The van der Waals surface area contributed by atoms with Gasteiger partial charge in [-0.05, 0) is 50.9 Å². The van der Waals surface area contributed by atoms with Crippen LogP contribution < -0.4 is 10.2 Å². The third-order valence-electron chi connectivity index (χ3n) is 5.85. The predicted octanol–water partition coefficient (Wildman–Crippen LogP) is 7.03. The molecule has 0 unspecified atom stereocenters. The standard InChI is InChI=1S/C30H23BrN2O2/c31-25-15-12-21(13-16-25)18-30(34)33-32-19-28-27-11-4-2-7-23(27)14-17-29(28)35-20-24-9-5-8-22-6-1-3-10-26(22)24/h1-17,19H,18,20H2,(H,33,34)/b32-19+. The smallest absolute Gasteiger partial charge is 0.244 e. The molecule has 35 heavy (non-hydrogen) atoms. The third kappa shape index (κ3) is 5.42. The van der Waals surface area contributed by atoms with Crippen LogP contribution in [0, 0.1) is 0 Å². The second-order valence-electron chi connectivity index (χ2n) is 8.22. The molecule has 5 heteroatoms. The van der Waals surface area contributed by atoms with Gasteiger partial charge in [-0.2, -0.15) is 5.10 Å². The summed E-state index contributed by atoms with van der Waals surface area (Å²) in [5, 5.41) is 8.70. The van der Waals surface area contributed by atoms with E-state index >= 15 is 0 Å². The second kappa shape index (κ2) is 10.5. The highest BCUT2D eigenvalue weighted by atomic mass is 79.9. The Labute approximate surface area is 212 Å². The van der Waals surface area contributed by atoms with Gasteiger partial charge in [-0.15, -0.1) is 0 Å². The summed E-state index contributed by atoms with van der Waals surface area (Å²) in [6, 6.07) is 34.2. The Morgan fingerprint density at radius 1 is 0.800 bits per heavy atom. The van der Waals surface area contributed by atoms with Crippen molar-refractivity contribution < 1.29 is 9.53 Å². The fourth-order valence-electron chi connectivity index (χ4n) is 4.10. The minimum atomic E-state index is -0.179. The molecule has 5 aromatic rings. The maximum absolute atomic E-state index is 12.4. The van der Waals surface area contributed by atoms with Crippen molar-refractivity contribution in [1.82, 2.24) is 5.43 Å². The van der Waals surface area contributed by atoms with Crippen molar-refractivity contribution in [2.75, 3.05) is 0 Å². The zero-order valence-corrected chi connectivity index (χ0v) is 20.5. The summed E-state index contributed by atoms with van der Waals surface area (Å²) in [5.74, 6) is 0.532. The van der Waals surface area contributed by atoms with E-state index in [0.717, 1.165) is 31.9 Å². The molecule has 5 rings (SSSR count). The van der Waals surface area contributed by atoms with Crippen molar-refractivity contribution in [3.63, 3.8) is 0 Å². The van der Waals surface area contributed by atoms with Crippen LogP contribution in [0.5, 0.6) is 5.75 Å². The van der Waals surface area contributed by atoms with E-state index in [4.69, 9.17) is 4.74 Å². The number of nitrogens with zero attached hydrogens (tertiary/aromatic N) is 1. The van der Waals surface area contributed by atoms with E-state index in [2.05, 4.69) is 50.7 Å². The largest absolute Gasteiger partial charge is 0.488 e. The van der Waals surface area contributed by atoms with Crippen LogP contribution in [0.15, 0.2) is 113 Å². The highest BCUT2D eigenvalue weighted by Gasteiger charge is 2.09. The number of amides is 1. The molecule has 0 saturated heterocycles. The van der Waals surface area contributed by atoms with E-state index in [0.29, 0.717) is 12.4 Å². The van der Waals surface area contributed by atoms with E-state index < -0.39 is 0 Å². The first-order valence-corrected chi connectivity index (χ1v) is 12.1. The lowest BCUT2D eigenvalue weighted by atomic mass is 10.0. The average molecular weight is 523 g/mol. The van der Waals surface area contributed by atoms with Crippen molar-refractivity contribution in [1.29, 1.82) is 0 Å². The molecule has 1 N–H and O–H groups in total. The van der Waals surface area contributed by atoms with Crippen LogP contribution in [0.25, 0.3) is 21.5 Å². The molecule has 4 nitrogen and oxygen atoms in total. The van der Waals surface area contributed by atoms with Crippen molar-refractivity contribution in [3.05, 3.63) is 124 Å². The first-order chi connectivity index (χ1) is 17.2. The SMILES string of the molecule is O=C(Cc1ccc(Br)cc1)N/N=C/c1c(OCc2cccc3ccccc23)ccc2ccccc12. The van der Waals surface area contributed by atoms with Crippen LogP contribution in [0.4, 0.5) is 0 Å². The molecule has 0 radical (unpaired) electrons. The summed E-state index contributed by atoms with van der Waals surface area (Å²) in [6.07, 6.45) is 1.92. The van der Waals surface area contributed by atoms with Crippen LogP contribution in [0.3, 0.4) is 0 Å². The number of halogens is 1. The fraction of sp³-hybridized carbons (Fsp3) is 0.0667. The maximum Gasteiger partial charge on any atom is 0.244 e. The van der Waals surface area contributed by atoms with Crippen LogP contribution >= 0.6 is 15.9 Å². The molecule has 0 aliphatic carbocycles. The number of benzene rings is 5. The molecular weight excluding hydrogens is 500 g/mol. The molecule has 0 aliphatic heterocycles. The lowest BCUT2D eigenvalue weighted by Crippen LogP contribution is -2.19. The lowest BCUT2D eigenvalue weighted by molar-refractivity contribution is -0.120. The minimum absolute atomic E-state index is 0.179. The predicted molar refractivity (Wildman–Crippen MR) is 146 cm³/mol. The zero-order valence-electron chi connectivity index (χ0n) is 18.9. The summed E-state index contributed by atoms with van der Waals surface area (Å²) in [6.45, 7) is 0.427. The maximum atomic E-state index is 12.4. The minimum Gasteiger partial charge on any atom is -0.488 e. The number of ether oxygens (including phenoxy) is 1. The summed E-state index contributed by atoms with van der Waals surface area (Å²) in [7, 11) is 0. The monoisotopic (exact) mass is 522 g/mol. The number of carbonyl (C=O) groups excluding carboxylic acids is 1. The van der Waals surface area contributed by atoms with E-state index in [-0.39, 0.29) is 12.3 Å². The molecule has 0 aliphatic rings. The average Bonchev–Trinajstić information content (AvgIpc) is 2.89. The van der Waals surface area contributed by atoms with Gasteiger partial charge in [0.1, 0.15) is 12.4 Å². The Balaban J connectivity index is 1.37. The molecule has 0 aromatic heterocycles. The number of nitrogens with one attached hydrogen (secondary N) is 1. The molecule has 0 spiro atoms. The van der Waals surface area contributed by atoms with Gasteiger partial charge in [-0.25, -0.2) is 5.43 Å². The number of hydrazone groups is 1. The van der Waals surface area contributed by atoms with Gasteiger partial charge in [0, 0.05) is 10.0 Å². The van der Waals surface area contributed by atoms with Crippen molar-refractivity contribution in [3.8, 4) is 5.75 Å². The van der Waals surface area contributed by atoms with Crippen molar-refractivity contribution in [2.24, 2.45) is 5.10 Å². The van der Waals surface area contributed by atoms with Crippen LogP contribution in [0.1, 0.15) is 16.7 Å². The quantitative estimate of drug-likeness (QED) is 0.184. The fourth-order valence-corrected chi connectivity index (χ4v) is 4.37. The summed E-state index contributed by atoms with van der Waals surface area (Å²) in [4.78, 5) is 12.4. The second-order valence-corrected chi connectivity index (χ2v) is 9.14. The van der Waals surface area contributed by atoms with Gasteiger partial charge in [-0.1, -0.05) is 101 Å². The van der Waals surface area contributed by atoms with E-state index in [1.165, 1.54) is 10.8 Å². The number of hydrogen-bond donors (Lipinski definition) is 1. The summed E-state index contributed by atoms with van der Waals surface area (Å²) < 4.78 is 7.27. The molecule has 0 saturated carbocycles. The lowest BCUT2D eigenvalue weighted by Gasteiger charge is -2.13. The van der Waals surface area contributed by atoms with Gasteiger partial charge in [0.15, 0.2) is 0 Å². The highest BCUT2D eigenvalue weighted by Crippen LogP contribution is 2.28. The van der Waals surface area contributed by atoms with Gasteiger partial charge >= 0.3 is 0 Å². The molecule has 0 bridgehead atoms. The Hall–Kier alpha value is -3.96. The van der Waals surface area contributed by atoms with Gasteiger partial charge in [0.2, 0.25) is 5.91 Å². The number of carbonyl (C=O) groups is 1. The van der Waals surface area contributed by atoms with Crippen LogP contribution in [0.2, 0.25) is 0 Å². The zero-order chi connectivity index (χ0) is 24.0. The Morgan fingerprint density at radius 2 is 1.49 bits per heavy atom. The Bertz CT molecular complexity index is 1520. The van der Waals surface area contributed by atoms with Gasteiger partial charge < -0.3 is 4.74 Å². The van der Waals surface area contributed by atoms with Crippen molar-refractivity contribution >= 4 is 49.6 Å². The number of fused-ring (bicyclic) bond motifs is 2. The first-order valence-electron chi connectivity index (χ1n) is 11.3. The van der Waals surface area contributed by atoms with Gasteiger partial charge in [-0.3, -0.25) is 4.79 Å². The van der Waals surface area contributed by atoms with Crippen molar-refractivity contribution in [2.45, 2.75) is 13.0 Å². The van der Waals surface area contributed by atoms with E-state index in [1.807, 2.05) is 78.9 Å². The molecule has 5 aromatic carbocycles. The van der Waals surface area contributed by atoms with Gasteiger partial charge in [0.25, 0.3) is 0 Å². The molecule has 1 amide bonds. The molecule has 172 valence electrons. The highest BCUT2D eigenvalue weighted by molar-refractivity contribution is 9.10. The Kier molecular flexibility index (Phi) is 6.87. The normalized spacial score (nSPS) is 11.2. The Morgan fingerprint density at radius 3 is 2.29 bits per heavy atom. The summed E-state index contributed by atoms with van der Waals surface area (Å²) in [5.41, 5.74) is 5.51. The van der Waals surface area contributed by atoms with Gasteiger partial charge in [0.05, 0.1) is 12.6 Å². The molecule has 0 heterocycles. The first kappa shape index (κ1) is 22.8. The third-order valence-corrected chi connectivity index (χ3v) is 6.38. The number of rotatable bonds is 7. The molecular formula is C30H23BrN2O2. The number of hydrogen-bond acceptors (Lipinski definition) is 3. The molecule has 0 atom stereocenters. The van der Waals surface area contributed by atoms with Crippen LogP contribution in [-0.4, -0.2) is 12.1 Å². The topological polar surface area (TPSA) is 50.7 Å². The van der Waals surface area contributed by atoms with E-state index in [1.54, 1.807) is 6.21 Å². The molecule has 0 fully saturated rings.